The van der Waals surface area contributed by atoms with Gasteiger partial charge in [-0.1, -0.05) is 24.0 Å². The quantitative estimate of drug-likeness (QED) is 0.620. The molecule has 1 atom stereocenters. The molecule has 21 heavy (non-hydrogen) atoms. The highest BCUT2D eigenvalue weighted by Gasteiger charge is 2.27. The number of amides is 2. The Balaban J connectivity index is 1.66. The van der Waals surface area contributed by atoms with E-state index in [0.29, 0.717) is 18.8 Å². The normalized spacial score (nSPS) is 23.0. The number of likely N-dealkylation sites (tertiary alicyclic amines) is 1. The molecule has 0 aromatic heterocycles. The summed E-state index contributed by atoms with van der Waals surface area (Å²) in [6, 6.07) is 7.79. The van der Waals surface area contributed by atoms with Gasteiger partial charge in [0.15, 0.2) is 0 Å². The third kappa shape index (κ3) is 3.14. The molecule has 1 unspecified atom stereocenters. The lowest BCUT2D eigenvalue weighted by Gasteiger charge is -2.32. The molecule has 2 amide bonds. The fourth-order valence-electron chi connectivity index (χ4n) is 2.79. The number of nitrogens with zero attached hydrogens (tertiary/aromatic N) is 1. The second kappa shape index (κ2) is 5.71. The highest BCUT2D eigenvalue weighted by molar-refractivity contribution is 6.00. The van der Waals surface area contributed by atoms with Crippen molar-refractivity contribution in [1.29, 1.82) is 0 Å². The van der Waals surface area contributed by atoms with Gasteiger partial charge in [-0.05, 0) is 31.2 Å². The van der Waals surface area contributed by atoms with Crippen LogP contribution >= 0.6 is 0 Å². The van der Waals surface area contributed by atoms with Crippen molar-refractivity contribution in [2.24, 2.45) is 5.92 Å². The Morgan fingerprint density at radius 3 is 2.52 bits per heavy atom. The lowest BCUT2D eigenvalue weighted by Crippen LogP contribution is -2.42. The lowest BCUT2D eigenvalue weighted by atomic mass is 9.90. The van der Waals surface area contributed by atoms with E-state index in [-0.39, 0.29) is 17.7 Å². The van der Waals surface area contributed by atoms with Gasteiger partial charge in [-0.3, -0.25) is 14.9 Å². The number of benzene rings is 1. The number of piperidine rings is 1. The minimum absolute atomic E-state index is 0.177. The molecule has 1 aromatic carbocycles. The second-order valence-corrected chi connectivity index (χ2v) is 5.81. The summed E-state index contributed by atoms with van der Waals surface area (Å²) < 4.78 is 0. The number of carbonyl (C=O) groups is 2. The van der Waals surface area contributed by atoms with Crippen LogP contribution in [0.2, 0.25) is 0 Å². The van der Waals surface area contributed by atoms with Gasteiger partial charge in [-0.2, -0.15) is 0 Å². The fourth-order valence-corrected chi connectivity index (χ4v) is 2.79. The van der Waals surface area contributed by atoms with Gasteiger partial charge in [0.05, 0.1) is 5.92 Å². The number of nitrogens with one attached hydrogen (secondary N) is 1. The summed E-state index contributed by atoms with van der Waals surface area (Å²) in [5.74, 6) is 6.34. The van der Waals surface area contributed by atoms with Crippen molar-refractivity contribution in [3.05, 3.63) is 35.4 Å². The Morgan fingerprint density at radius 1 is 1.19 bits per heavy atom. The topological polar surface area (TPSA) is 49.4 Å². The minimum atomic E-state index is -0.218. The van der Waals surface area contributed by atoms with Gasteiger partial charge >= 0.3 is 0 Å². The molecule has 2 aliphatic rings. The summed E-state index contributed by atoms with van der Waals surface area (Å²) in [7, 11) is 2.09. The van der Waals surface area contributed by atoms with Crippen LogP contribution in [0, 0.1) is 17.8 Å². The Labute approximate surface area is 124 Å². The third-order valence-corrected chi connectivity index (χ3v) is 4.04. The highest BCUT2D eigenvalue weighted by atomic mass is 16.2. The van der Waals surface area contributed by atoms with Crippen LogP contribution in [0.15, 0.2) is 24.3 Å². The van der Waals surface area contributed by atoms with Gasteiger partial charge in [-0.15, -0.1) is 0 Å². The molecule has 0 radical (unpaired) electrons. The second-order valence-electron chi connectivity index (χ2n) is 5.81. The Hall–Kier alpha value is -2.12. The number of imide groups is 1. The van der Waals surface area contributed by atoms with Gasteiger partial charge < -0.3 is 4.90 Å². The Kier molecular flexibility index (Phi) is 3.76. The molecule has 2 saturated heterocycles. The van der Waals surface area contributed by atoms with Gasteiger partial charge in [0, 0.05) is 31.0 Å². The van der Waals surface area contributed by atoms with Crippen LogP contribution in [0.1, 0.15) is 29.9 Å². The van der Waals surface area contributed by atoms with Crippen LogP contribution in [0.5, 0.6) is 0 Å². The van der Waals surface area contributed by atoms with E-state index in [0.717, 1.165) is 24.2 Å². The maximum atomic E-state index is 11.8. The molecule has 3 rings (SSSR count). The van der Waals surface area contributed by atoms with Crippen LogP contribution in [0.25, 0.3) is 0 Å². The molecule has 2 heterocycles. The van der Waals surface area contributed by atoms with E-state index < -0.39 is 0 Å². The maximum absolute atomic E-state index is 11.8. The van der Waals surface area contributed by atoms with Crippen molar-refractivity contribution >= 4 is 11.8 Å². The van der Waals surface area contributed by atoms with E-state index in [4.69, 9.17) is 0 Å². The zero-order valence-corrected chi connectivity index (χ0v) is 12.1. The molecule has 1 N–H and O–H groups in total. The lowest BCUT2D eigenvalue weighted by molar-refractivity contribution is -0.134. The predicted octanol–water partition coefficient (Wildman–Crippen LogP) is 1.12. The molecule has 2 aliphatic heterocycles. The van der Waals surface area contributed by atoms with E-state index in [9.17, 15) is 9.59 Å². The van der Waals surface area contributed by atoms with Gasteiger partial charge in [0.25, 0.3) is 0 Å². The Bertz CT molecular complexity index is 618. The summed E-state index contributed by atoms with van der Waals surface area (Å²) in [5, 5.41) is 2.39. The first kappa shape index (κ1) is 13.8. The molecule has 0 bridgehead atoms. The standard InChI is InChI=1S/C17H18N2O2/c1-19-10-13(11-19)3-2-12-4-6-14(7-5-12)15-8-9-16(20)18-17(15)21/h4-7,13,15H,8-11H2,1H3,(H,18,20,21). The van der Waals surface area contributed by atoms with Crippen molar-refractivity contribution in [3.63, 3.8) is 0 Å². The van der Waals surface area contributed by atoms with Crippen LogP contribution in [0.3, 0.4) is 0 Å². The van der Waals surface area contributed by atoms with E-state index >= 15 is 0 Å². The average molecular weight is 282 g/mol. The molecule has 2 fully saturated rings. The van der Waals surface area contributed by atoms with Crippen molar-refractivity contribution in [3.8, 4) is 11.8 Å². The molecular formula is C17H18N2O2. The first-order valence-electron chi connectivity index (χ1n) is 7.25. The highest BCUT2D eigenvalue weighted by Crippen LogP contribution is 2.24. The first-order chi connectivity index (χ1) is 10.1. The largest absolute Gasteiger partial charge is 0.304 e. The molecule has 1 aromatic rings. The minimum Gasteiger partial charge on any atom is -0.304 e. The molecule has 4 heteroatoms. The molecule has 4 nitrogen and oxygen atoms in total. The van der Waals surface area contributed by atoms with Crippen LogP contribution in [-0.4, -0.2) is 36.9 Å². The molecule has 0 aliphatic carbocycles. The fraction of sp³-hybridized carbons (Fsp3) is 0.412. The van der Waals surface area contributed by atoms with Crippen LogP contribution in [-0.2, 0) is 9.59 Å². The summed E-state index contributed by atoms with van der Waals surface area (Å²) >= 11 is 0. The third-order valence-electron chi connectivity index (χ3n) is 4.04. The summed E-state index contributed by atoms with van der Waals surface area (Å²) in [4.78, 5) is 25.2. The molecule has 108 valence electrons. The number of hydrogen-bond acceptors (Lipinski definition) is 3. The van der Waals surface area contributed by atoms with Crippen molar-refractivity contribution in [2.45, 2.75) is 18.8 Å². The maximum Gasteiger partial charge on any atom is 0.234 e. The van der Waals surface area contributed by atoms with Crippen molar-refractivity contribution < 1.29 is 9.59 Å². The first-order valence-corrected chi connectivity index (χ1v) is 7.25. The smallest absolute Gasteiger partial charge is 0.234 e. The van der Waals surface area contributed by atoms with E-state index in [2.05, 4.69) is 29.1 Å². The molecule has 0 saturated carbocycles. The monoisotopic (exact) mass is 282 g/mol. The van der Waals surface area contributed by atoms with Crippen molar-refractivity contribution in [2.75, 3.05) is 20.1 Å². The average Bonchev–Trinajstić information content (AvgIpc) is 2.43. The van der Waals surface area contributed by atoms with Crippen LogP contribution < -0.4 is 5.32 Å². The zero-order chi connectivity index (χ0) is 14.8. The van der Waals surface area contributed by atoms with Crippen molar-refractivity contribution in [1.82, 2.24) is 10.2 Å². The van der Waals surface area contributed by atoms with E-state index in [1.54, 1.807) is 0 Å². The number of rotatable bonds is 1. The predicted molar refractivity (Wildman–Crippen MR) is 79.4 cm³/mol. The zero-order valence-electron chi connectivity index (χ0n) is 12.1. The Morgan fingerprint density at radius 2 is 1.90 bits per heavy atom. The van der Waals surface area contributed by atoms with Gasteiger partial charge in [0.1, 0.15) is 0 Å². The number of carbonyl (C=O) groups excluding carboxylic acids is 2. The SMILES string of the molecule is CN1CC(C#Cc2ccc(C3CCC(=O)NC3=O)cc2)C1. The summed E-state index contributed by atoms with van der Waals surface area (Å²) in [5.41, 5.74) is 1.93. The summed E-state index contributed by atoms with van der Waals surface area (Å²) in [6.45, 7) is 2.09. The van der Waals surface area contributed by atoms with Gasteiger partial charge in [-0.25, -0.2) is 0 Å². The van der Waals surface area contributed by atoms with E-state index in [1.807, 2.05) is 24.3 Å². The molecular weight excluding hydrogens is 264 g/mol. The summed E-state index contributed by atoms with van der Waals surface area (Å²) in [6.07, 6.45) is 0.997. The van der Waals surface area contributed by atoms with E-state index in [1.165, 1.54) is 0 Å². The molecule has 0 spiro atoms. The van der Waals surface area contributed by atoms with Gasteiger partial charge in [0.2, 0.25) is 11.8 Å². The van der Waals surface area contributed by atoms with Crippen LogP contribution in [0.4, 0.5) is 0 Å². The number of hydrogen-bond donors (Lipinski definition) is 1.